The molecule has 35 heavy (non-hydrogen) atoms. The second-order valence-corrected chi connectivity index (χ2v) is 9.61. The lowest BCUT2D eigenvalue weighted by Gasteiger charge is -2.15. The van der Waals surface area contributed by atoms with Crippen molar-refractivity contribution < 1.29 is 14.3 Å². The second kappa shape index (κ2) is 10.3. The number of halogens is 2. The fourth-order valence-corrected chi connectivity index (χ4v) is 5.11. The van der Waals surface area contributed by atoms with Crippen LogP contribution in [0.3, 0.4) is 0 Å². The molecular weight excluding hydrogens is 485 g/mol. The SMILES string of the molecule is O=c1oc2cc(O)ccc2c(Cc2ccc(OCCN3CCCC3)cc2)c1-c1ccc(Cl)cc1Cl. The zero-order chi connectivity index (χ0) is 24.4. The first kappa shape index (κ1) is 23.7. The molecule has 1 aromatic heterocycles. The highest BCUT2D eigenvalue weighted by Crippen LogP contribution is 2.35. The predicted octanol–water partition coefficient (Wildman–Crippen LogP) is 6.54. The maximum atomic E-state index is 13.1. The Bertz CT molecular complexity index is 1410. The molecule has 5 rings (SSSR count). The van der Waals surface area contributed by atoms with Crippen LogP contribution < -0.4 is 10.4 Å². The van der Waals surface area contributed by atoms with E-state index in [0.29, 0.717) is 39.8 Å². The van der Waals surface area contributed by atoms with E-state index in [9.17, 15) is 9.90 Å². The van der Waals surface area contributed by atoms with E-state index in [-0.39, 0.29) is 5.75 Å². The van der Waals surface area contributed by atoms with Gasteiger partial charge >= 0.3 is 5.63 Å². The van der Waals surface area contributed by atoms with Gasteiger partial charge in [0, 0.05) is 28.6 Å². The smallest absolute Gasteiger partial charge is 0.344 e. The lowest BCUT2D eigenvalue weighted by atomic mass is 9.93. The van der Waals surface area contributed by atoms with Gasteiger partial charge in [0.25, 0.3) is 0 Å². The Hall–Kier alpha value is -2.99. The van der Waals surface area contributed by atoms with Crippen LogP contribution in [0.4, 0.5) is 0 Å². The summed E-state index contributed by atoms with van der Waals surface area (Å²) in [5.41, 5.74) is 2.50. The van der Waals surface area contributed by atoms with Gasteiger partial charge in [-0.05, 0) is 79.9 Å². The Morgan fingerprint density at radius 1 is 0.971 bits per heavy atom. The van der Waals surface area contributed by atoms with Crippen molar-refractivity contribution in [3.63, 3.8) is 0 Å². The Kier molecular flexibility index (Phi) is 7.00. The highest BCUT2D eigenvalue weighted by atomic mass is 35.5. The number of hydrogen-bond donors (Lipinski definition) is 1. The Balaban J connectivity index is 1.47. The van der Waals surface area contributed by atoms with Crippen LogP contribution in [0.25, 0.3) is 22.1 Å². The number of benzene rings is 3. The molecule has 1 saturated heterocycles. The van der Waals surface area contributed by atoms with Gasteiger partial charge in [0.15, 0.2) is 0 Å². The first-order valence-electron chi connectivity index (χ1n) is 11.7. The van der Waals surface area contributed by atoms with Crippen LogP contribution in [-0.2, 0) is 6.42 Å². The first-order chi connectivity index (χ1) is 17.0. The summed E-state index contributed by atoms with van der Waals surface area (Å²) >= 11 is 12.6. The lowest BCUT2D eigenvalue weighted by molar-refractivity contribution is 0.238. The average Bonchev–Trinajstić information content (AvgIpc) is 3.34. The molecule has 0 unspecified atom stereocenters. The molecule has 1 N–H and O–H groups in total. The molecule has 0 bridgehead atoms. The molecule has 5 nitrogen and oxygen atoms in total. The normalized spacial score (nSPS) is 14.0. The molecule has 1 aliphatic heterocycles. The molecule has 2 heterocycles. The van der Waals surface area contributed by atoms with Gasteiger partial charge in [-0.3, -0.25) is 4.90 Å². The number of fused-ring (bicyclic) bond motifs is 1. The van der Waals surface area contributed by atoms with E-state index < -0.39 is 5.63 Å². The monoisotopic (exact) mass is 509 g/mol. The molecule has 0 spiro atoms. The summed E-state index contributed by atoms with van der Waals surface area (Å²) in [5, 5.41) is 11.5. The number of hydrogen-bond acceptors (Lipinski definition) is 5. The summed E-state index contributed by atoms with van der Waals surface area (Å²) in [6.45, 7) is 3.90. The minimum atomic E-state index is -0.524. The number of likely N-dealkylation sites (tertiary alicyclic amines) is 1. The van der Waals surface area contributed by atoms with Gasteiger partial charge in [-0.2, -0.15) is 0 Å². The van der Waals surface area contributed by atoms with Crippen LogP contribution in [0.15, 0.2) is 69.9 Å². The third-order valence-electron chi connectivity index (χ3n) is 6.38. The molecule has 0 aliphatic carbocycles. The number of phenolic OH excluding ortho intramolecular Hbond substituents is 1. The molecule has 0 amide bonds. The largest absolute Gasteiger partial charge is 0.508 e. The van der Waals surface area contributed by atoms with E-state index >= 15 is 0 Å². The molecule has 180 valence electrons. The third-order valence-corrected chi connectivity index (χ3v) is 6.93. The van der Waals surface area contributed by atoms with Gasteiger partial charge in [0.1, 0.15) is 23.7 Å². The molecule has 3 aromatic carbocycles. The van der Waals surface area contributed by atoms with Gasteiger partial charge in [0.05, 0.1) is 10.6 Å². The van der Waals surface area contributed by atoms with E-state index in [0.717, 1.165) is 41.9 Å². The quantitative estimate of drug-likeness (QED) is 0.286. The summed E-state index contributed by atoms with van der Waals surface area (Å²) in [4.78, 5) is 15.5. The van der Waals surface area contributed by atoms with Gasteiger partial charge in [-0.1, -0.05) is 41.4 Å². The molecule has 4 aromatic rings. The third kappa shape index (κ3) is 5.32. The zero-order valence-corrected chi connectivity index (χ0v) is 20.6. The summed E-state index contributed by atoms with van der Waals surface area (Å²) in [6, 6.07) is 17.7. The molecule has 0 radical (unpaired) electrons. The molecule has 0 atom stereocenters. The average molecular weight is 510 g/mol. The van der Waals surface area contributed by atoms with Crippen molar-refractivity contribution in [2.75, 3.05) is 26.2 Å². The fourth-order valence-electron chi connectivity index (χ4n) is 4.61. The van der Waals surface area contributed by atoms with Gasteiger partial charge in [-0.15, -0.1) is 0 Å². The summed E-state index contributed by atoms with van der Waals surface area (Å²) in [6.07, 6.45) is 3.00. The van der Waals surface area contributed by atoms with Crippen molar-refractivity contribution in [3.05, 3.63) is 92.3 Å². The van der Waals surface area contributed by atoms with Crippen LogP contribution in [0, 0.1) is 0 Å². The maximum absolute atomic E-state index is 13.1. The van der Waals surface area contributed by atoms with E-state index in [2.05, 4.69) is 4.90 Å². The van der Waals surface area contributed by atoms with E-state index in [4.69, 9.17) is 32.4 Å². The molecular formula is C28H25Cl2NO4. The van der Waals surface area contributed by atoms with Crippen molar-refractivity contribution >= 4 is 34.2 Å². The highest BCUT2D eigenvalue weighted by molar-refractivity contribution is 6.36. The minimum absolute atomic E-state index is 0.0271. The van der Waals surface area contributed by atoms with Crippen LogP contribution in [0.2, 0.25) is 10.0 Å². The topological polar surface area (TPSA) is 62.9 Å². The second-order valence-electron chi connectivity index (χ2n) is 8.77. The molecule has 1 aliphatic rings. The minimum Gasteiger partial charge on any atom is -0.508 e. The summed E-state index contributed by atoms with van der Waals surface area (Å²) in [5.74, 6) is 0.843. The van der Waals surface area contributed by atoms with E-state index in [1.54, 1.807) is 30.3 Å². The number of nitrogens with zero attached hydrogens (tertiary/aromatic N) is 1. The summed E-state index contributed by atoms with van der Waals surface area (Å²) in [7, 11) is 0. The zero-order valence-electron chi connectivity index (χ0n) is 19.1. The number of aromatic hydroxyl groups is 1. The van der Waals surface area contributed by atoms with Crippen LogP contribution >= 0.6 is 23.2 Å². The Morgan fingerprint density at radius 2 is 1.74 bits per heavy atom. The van der Waals surface area contributed by atoms with Crippen LogP contribution in [0.1, 0.15) is 24.0 Å². The van der Waals surface area contributed by atoms with Gasteiger partial charge < -0.3 is 14.3 Å². The van der Waals surface area contributed by atoms with Crippen molar-refractivity contribution in [2.45, 2.75) is 19.3 Å². The van der Waals surface area contributed by atoms with Crippen molar-refractivity contribution in [2.24, 2.45) is 0 Å². The van der Waals surface area contributed by atoms with Crippen molar-refractivity contribution in [1.29, 1.82) is 0 Å². The molecule has 0 saturated carbocycles. The standard InChI is InChI=1S/C28H25Cl2NO4/c29-19-5-9-23(25(30)16-19)27-24(22-10-6-20(32)17-26(22)35-28(27)33)15-18-3-7-21(8-4-18)34-14-13-31-11-1-2-12-31/h3-10,16-17,32H,1-2,11-15H2. The highest BCUT2D eigenvalue weighted by Gasteiger charge is 2.20. The van der Waals surface area contributed by atoms with E-state index in [1.807, 2.05) is 24.3 Å². The maximum Gasteiger partial charge on any atom is 0.344 e. The lowest BCUT2D eigenvalue weighted by Crippen LogP contribution is -2.25. The molecule has 7 heteroatoms. The summed E-state index contributed by atoms with van der Waals surface area (Å²) < 4.78 is 11.5. The van der Waals surface area contributed by atoms with Crippen molar-refractivity contribution in [3.8, 4) is 22.6 Å². The predicted molar refractivity (Wildman–Crippen MR) is 140 cm³/mol. The number of ether oxygens (including phenoxy) is 1. The van der Waals surface area contributed by atoms with E-state index in [1.165, 1.54) is 18.9 Å². The number of phenols is 1. The Labute approximate surface area is 213 Å². The van der Waals surface area contributed by atoms with Crippen molar-refractivity contribution in [1.82, 2.24) is 4.90 Å². The number of rotatable bonds is 7. The van der Waals surface area contributed by atoms with Gasteiger partial charge in [-0.25, -0.2) is 4.79 Å². The fraction of sp³-hybridized carbons (Fsp3) is 0.250. The van der Waals surface area contributed by atoms with Crippen LogP contribution in [0.5, 0.6) is 11.5 Å². The molecule has 1 fully saturated rings. The first-order valence-corrected chi connectivity index (χ1v) is 12.4. The Morgan fingerprint density at radius 3 is 2.49 bits per heavy atom. The van der Waals surface area contributed by atoms with Gasteiger partial charge in [0.2, 0.25) is 0 Å². The van der Waals surface area contributed by atoms with Crippen LogP contribution in [-0.4, -0.2) is 36.2 Å².